The molecule has 5 nitrogen and oxygen atoms in total. The smallest absolute Gasteiger partial charge is 0.312 e. The van der Waals surface area contributed by atoms with Gasteiger partial charge in [0.15, 0.2) is 0 Å². The zero-order chi connectivity index (χ0) is 9.56. The maximum atomic E-state index is 10.8. The number of carbonyl (C=O) groups is 2. The molecule has 5 heteroatoms. The molecule has 0 aromatic rings. The average molecular weight is 174 g/mol. The summed E-state index contributed by atoms with van der Waals surface area (Å²) in [7, 11) is 0. The van der Waals surface area contributed by atoms with Gasteiger partial charge in [-0.1, -0.05) is 0 Å². The lowest BCUT2D eigenvalue weighted by Gasteiger charge is -2.07. The maximum Gasteiger partial charge on any atom is 0.312 e. The van der Waals surface area contributed by atoms with E-state index in [1.54, 1.807) is 13.8 Å². The average Bonchev–Trinajstić information content (AvgIpc) is 1.84. The number of carbonyl (C=O) groups excluding carboxylic acids is 2. The number of nitrogens with two attached hydrogens (primary N) is 1. The van der Waals surface area contributed by atoms with Crippen molar-refractivity contribution in [2.75, 3.05) is 6.54 Å². The molecule has 0 saturated heterocycles. The topological polar surface area (TPSA) is 81.4 Å². The Morgan fingerprint density at radius 2 is 2.08 bits per heavy atom. The van der Waals surface area contributed by atoms with Crippen molar-refractivity contribution in [3.05, 3.63) is 0 Å². The molecule has 0 aliphatic heterocycles. The highest BCUT2D eigenvalue weighted by Gasteiger charge is 2.04. The van der Waals surface area contributed by atoms with Crippen LogP contribution in [0.1, 0.15) is 20.3 Å². The third-order valence-electron chi connectivity index (χ3n) is 0.996. The zero-order valence-corrected chi connectivity index (χ0v) is 7.29. The molecule has 0 bridgehead atoms. The van der Waals surface area contributed by atoms with Crippen molar-refractivity contribution in [3.63, 3.8) is 0 Å². The maximum absolute atomic E-state index is 10.8. The monoisotopic (exact) mass is 174 g/mol. The van der Waals surface area contributed by atoms with Gasteiger partial charge in [-0.25, -0.2) is 4.79 Å². The number of amides is 2. The van der Waals surface area contributed by atoms with E-state index < -0.39 is 6.03 Å². The van der Waals surface area contributed by atoms with Crippen LogP contribution in [0.3, 0.4) is 0 Å². The minimum Gasteiger partial charge on any atom is -0.463 e. The minimum atomic E-state index is -0.632. The van der Waals surface area contributed by atoms with Gasteiger partial charge in [0.1, 0.15) is 0 Å². The van der Waals surface area contributed by atoms with Crippen molar-refractivity contribution >= 4 is 12.0 Å². The minimum absolute atomic E-state index is 0.119. The molecule has 0 atom stereocenters. The predicted octanol–water partition coefficient (Wildman–Crippen LogP) is -0.00360. The van der Waals surface area contributed by atoms with Crippen LogP contribution in [0.15, 0.2) is 0 Å². The van der Waals surface area contributed by atoms with E-state index in [0.29, 0.717) is 0 Å². The number of urea groups is 1. The highest BCUT2D eigenvalue weighted by molar-refractivity contribution is 5.73. The van der Waals surface area contributed by atoms with E-state index in [1.807, 2.05) is 0 Å². The number of rotatable bonds is 4. The van der Waals surface area contributed by atoms with Crippen molar-refractivity contribution in [1.82, 2.24) is 5.32 Å². The van der Waals surface area contributed by atoms with E-state index >= 15 is 0 Å². The second-order valence-electron chi connectivity index (χ2n) is 2.58. The van der Waals surface area contributed by atoms with Crippen molar-refractivity contribution in [1.29, 1.82) is 0 Å². The molecule has 0 aromatic carbocycles. The molecule has 0 heterocycles. The van der Waals surface area contributed by atoms with Gasteiger partial charge in [-0.15, -0.1) is 0 Å². The summed E-state index contributed by atoms with van der Waals surface area (Å²) in [5.74, 6) is -0.334. The predicted molar refractivity (Wildman–Crippen MR) is 43.4 cm³/mol. The fraction of sp³-hybridized carbons (Fsp3) is 0.714. The summed E-state index contributed by atoms with van der Waals surface area (Å²) in [6, 6.07) is -0.632. The second-order valence-corrected chi connectivity index (χ2v) is 2.58. The molecule has 0 unspecified atom stereocenters. The summed E-state index contributed by atoms with van der Waals surface area (Å²) in [6.07, 6.45) is 0.0345. The lowest BCUT2D eigenvalue weighted by atomic mass is 10.4. The summed E-state index contributed by atoms with van der Waals surface area (Å²) in [5.41, 5.74) is 4.78. The first-order valence-electron chi connectivity index (χ1n) is 3.75. The van der Waals surface area contributed by atoms with E-state index in [0.717, 1.165) is 0 Å². The molecular weight excluding hydrogens is 160 g/mol. The molecule has 0 aromatic heterocycles. The van der Waals surface area contributed by atoms with Crippen molar-refractivity contribution in [2.24, 2.45) is 5.73 Å². The largest absolute Gasteiger partial charge is 0.463 e. The molecule has 3 N–H and O–H groups in total. The number of hydrogen-bond donors (Lipinski definition) is 2. The van der Waals surface area contributed by atoms with Gasteiger partial charge in [-0.3, -0.25) is 4.79 Å². The molecule has 0 radical (unpaired) electrons. The Morgan fingerprint density at radius 1 is 1.50 bits per heavy atom. The number of esters is 1. The van der Waals surface area contributed by atoms with E-state index in [-0.39, 0.29) is 25.0 Å². The van der Waals surface area contributed by atoms with Crippen LogP contribution in [0.25, 0.3) is 0 Å². The van der Waals surface area contributed by atoms with Gasteiger partial charge in [0.2, 0.25) is 0 Å². The van der Waals surface area contributed by atoms with Crippen molar-refractivity contribution in [3.8, 4) is 0 Å². The van der Waals surface area contributed by atoms with Crippen LogP contribution in [-0.4, -0.2) is 24.6 Å². The first-order valence-corrected chi connectivity index (χ1v) is 3.75. The number of ether oxygens (including phenoxy) is 1. The molecule has 0 aliphatic carbocycles. The van der Waals surface area contributed by atoms with Gasteiger partial charge < -0.3 is 15.8 Å². The first-order chi connectivity index (χ1) is 5.52. The lowest BCUT2D eigenvalue weighted by Crippen LogP contribution is -2.31. The van der Waals surface area contributed by atoms with Crippen LogP contribution in [0, 0.1) is 0 Å². The van der Waals surface area contributed by atoms with Gasteiger partial charge >= 0.3 is 12.0 Å². The lowest BCUT2D eigenvalue weighted by molar-refractivity contribution is -0.147. The van der Waals surface area contributed by atoms with Crippen LogP contribution in [-0.2, 0) is 9.53 Å². The normalized spacial score (nSPS) is 9.58. The van der Waals surface area contributed by atoms with Gasteiger partial charge in [-0.05, 0) is 13.8 Å². The van der Waals surface area contributed by atoms with Crippen LogP contribution in [0.5, 0.6) is 0 Å². The van der Waals surface area contributed by atoms with E-state index in [1.165, 1.54) is 0 Å². The molecule has 70 valence electrons. The Morgan fingerprint density at radius 3 is 2.50 bits per heavy atom. The summed E-state index contributed by atoms with van der Waals surface area (Å²) in [5, 5.41) is 2.29. The quantitative estimate of drug-likeness (QED) is 0.588. The SMILES string of the molecule is CC(C)OC(=O)CCNC(N)=O. The molecule has 0 spiro atoms. The molecule has 0 fully saturated rings. The van der Waals surface area contributed by atoms with Crippen LogP contribution in [0.4, 0.5) is 4.79 Å². The number of hydrogen-bond acceptors (Lipinski definition) is 3. The van der Waals surface area contributed by atoms with Gasteiger partial charge in [-0.2, -0.15) is 0 Å². The van der Waals surface area contributed by atoms with Crippen LogP contribution < -0.4 is 11.1 Å². The summed E-state index contributed by atoms with van der Waals surface area (Å²) >= 11 is 0. The Balaban J connectivity index is 3.38. The summed E-state index contributed by atoms with van der Waals surface area (Å²) in [6.45, 7) is 3.75. The third kappa shape index (κ3) is 6.85. The van der Waals surface area contributed by atoms with E-state index in [4.69, 9.17) is 10.5 Å². The van der Waals surface area contributed by atoms with Crippen LogP contribution >= 0.6 is 0 Å². The standard InChI is InChI=1S/C7H14N2O3/c1-5(2)12-6(10)3-4-9-7(8)11/h5H,3-4H2,1-2H3,(H3,8,9,11). The summed E-state index contributed by atoms with van der Waals surface area (Å²) in [4.78, 5) is 21.0. The fourth-order valence-electron chi connectivity index (χ4n) is 0.610. The molecule has 0 rings (SSSR count). The highest BCUT2D eigenvalue weighted by Crippen LogP contribution is 1.91. The Kier molecular flexibility index (Phi) is 4.83. The molecule has 12 heavy (non-hydrogen) atoms. The van der Waals surface area contributed by atoms with Gasteiger partial charge in [0, 0.05) is 6.54 Å². The number of nitrogens with one attached hydrogen (secondary N) is 1. The zero-order valence-electron chi connectivity index (χ0n) is 7.29. The fourth-order valence-corrected chi connectivity index (χ4v) is 0.610. The molecule has 0 aliphatic rings. The van der Waals surface area contributed by atoms with E-state index in [9.17, 15) is 9.59 Å². The van der Waals surface area contributed by atoms with Crippen LogP contribution in [0.2, 0.25) is 0 Å². The van der Waals surface area contributed by atoms with E-state index in [2.05, 4.69) is 5.32 Å². The Labute approximate surface area is 71.3 Å². The highest BCUT2D eigenvalue weighted by atomic mass is 16.5. The summed E-state index contributed by atoms with van der Waals surface area (Å²) < 4.78 is 4.80. The van der Waals surface area contributed by atoms with Crippen molar-refractivity contribution < 1.29 is 14.3 Å². The first kappa shape index (κ1) is 10.7. The Hall–Kier alpha value is -1.26. The van der Waals surface area contributed by atoms with Gasteiger partial charge in [0.25, 0.3) is 0 Å². The molecular formula is C7H14N2O3. The van der Waals surface area contributed by atoms with Gasteiger partial charge in [0.05, 0.1) is 12.5 Å². The second kappa shape index (κ2) is 5.40. The van der Waals surface area contributed by atoms with Crippen molar-refractivity contribution in [2.45, 2.75) is 26.4 Å². The Bertz CT molecular complexity index is 168. The molecule has 2 amide bonds. The third-order valence-corrected chi connectivity index (χ3v) is 0.996. The molecule has 0 saturated carbocycles. The number of primary amides is 1.